The van der Waals surface area contributed by atoms with Crippen LogP contribution in [0.1, 0.15) is 24.8 Å². The molecule has 2 aromatic rings. The summed E-state index contributed by atoms with van der Waals surface area (Å²) >= 11 is 0. The second-order valence-corrected chi connectivity index (χ2v) is 7.43. The number of nitrogens with one attached hydrogen (secondary N) is 2. The molecule has 0 spiro atoms. The SMILES string of the molecule is O=C(CCNC(=O)C1CCN(C(=O)COc2ccccc2)CC1)NCc1ccncc1. The Kier molecular flexibility index (Phi) is 8.39. The lowest BCUT2D eigenvalue weighted by atomic mass is 9.96. The van der Waals surface area contributed by atoms with Crippen molar-refractivity contribution >= 4 is 17.7 Å². The summed E-state index contributed by atoms with van der Waals surface area (Å²) in [7, 11) is 0. The number of aromatic nitrogens is 1. The number of carbonyl (C=O) groups is 3. The third kappa shape index (κ3) is 7.40. The third-order valence-electron chi connectivity index (χ3n) is 5.21. The Balaban J connectivity index is 1.29. The van der Waals surface area contributed by atoms with Crippen molar-refractivity contribution in [2.24, 2.45) is 5.92 Å². The molecule has 0 unspecified atom stereocenters. The standard InChI is InChI=1S/C23H28N4O4/c28-21(26-16-18-6-11-24-12-7-18)8-13-25-23(30)19-9-14-27(15-10-19)22(29)17-31-20-4-2-1-3-5-20/h1-7,11-12,19H,8-10,13-17H2,(H,25,30)(H,26,28). The predicted molar refractivity (Wildman–Crippen MR) is 115 cm³/mol. The number of para-hydroxylation sites is 1. The number of likely N-dealkylation sites (tertiary alicyclic amines) is 1. The highest BCUT2D eigenvalue weighted by atomic mass is 16.5. The van der Waals surface area contributed by atoms with Gasteiger partial charge in [0.05, 0.1) is 0 Å². The summed E-state index contributed by atoms with van der Waals surface area (Å²) in [4.78, 5) is 42.3. The molecule has 1 aromatic heterocycles. The van der Waals surface area contributed by atoms with Crippen LogP contribution < -0.4 is 15.4 Å². The number of ether oxygens (including phenoxy) is 1. The molecule has 164 valence electrons. The van der Waals surface area contributed by atoms with Crippen molar-refractivity contribution in [2.75, 3.05) is 26.2 Å². The maximum atomic E-state index is 12.4. The van der Waals surface area contributed by atoms with Crippen LogP contribution in [-0.4, -0.2) is 53.8 Å². The van der Waals surface area contributed by atoms with Crippen LogP contribution in [0.2, 0.25) is 0 Å². The second-order valence-electron chi connectivity index (χ2n) is 7.43. The normalized spacial score (nSPS) is 14.0. The molecule has 1 saturated heterocycles. The van der Waals surface area contributed by atoms with Gasteiger partial charge < -0.3 is 20.3 Å². The van der Waals surface area contributed by atoms with E-state index in [1.54, 1.807) is 17.3 Å². The minimum atomic E-state index is -0.140. The first-order valence-corrected chi connectivity index (χ1v) is 10.5. The molecular formula is C23H28N4O4. The van der Waals surface area contributed by atoms with Gasteiger partial charge in [-0.15, -0.1) is 0 Å². The molecule has 2 heterocycles. The van der Waals surface area contributed by atoms with Crippen molar-refractivity contribution in [1.29, 1.82) is 0 Å². The summed E-state index contributed by atoms with van der Waals surface area (Å²) in [5.41, 5.74) is 0.975. The Morgan fingerprint density at radius 3 is 2.42 bits per heavy atom. The molecule has 1 fully saturated rings. The van der Waals surface area contributed by atoms with Gasteiger partial charge >= 0.3 is 0 Å². The fraction of sp³-hybridized carbons (Fsp3) is 0.391. The molecule has 1 aliphatic rings. The minimum absolute atomic E-state index is 0.00448. The van der Waals surface area contributed by atoms with Gasteiger partial charge in [-0.1, -0.05) is 18.2 Å². The zero-order valence-electron chi connectivity index (χ0n) is 17.5. The van der Waals surface area contributed by atoms with Crippen molar-refractivity contribution < 1.29 is 19.1 Å². The molecule has 31 heavy (non-hydrogen) atoms. The van der Waals surface area contributed by atoms with E-state index in [0.29, 0.717) is 44.8 Å². The van der Waals surface area contributed by atoms with Crippen LogP contribution in [0.5, 0.6) is 5.75 Å². The first-order valence-electron chi connectivity index (χ1n) is 10.5. The monoisotopic (exact) mass is 424 g/mol. The van der Waals surface area contributed by atoms with Gasteiger partial charge in [-0.25, -0.2) is 0 Å². The first-order chi connectivity index (χ1) is 15.1. The second kappa shape index (κ2) is 11.7. The van der Waals surface area contributed by atoms with Gasteiger partial charge in [0.1, 0.15) is 5.75 Å². The maximum Gasteiger partial charge on any atom is 0.260 e. The van der Waals surface area contributed by atoms with E-state index in [-0.39, 0.29) is 36.7 Å². The number of carbonyl (C=O) groups excluding carboxylic acids is 3. The molecule has 3 amide bonds. The molecule has 0 radical (unpaired) electrons. The van der Waals surface area contributed by atoms with Gasteiger partial charge in [-0.2, -0.15) is 0 Å². The molecule has 2 N–H and O–H groups in total. The molecule has 8 heteroatoms. The van der Waals surface area contributed by atoms with E-state index in [2.05, 4.69) is 15.6 Å². The van der Waals surface area contributed by atoms with Crippen LogP contribution in [0.3, 0.4) is 0 Å². The number of nitrogens with zero attached hydrogens (tertiary/aromatic N) is 2. The first kappa shape index (κ1) is 22.3. The van der Waals surface area contributed by atoms with Crippen molar-refractivity contribution in [3.05, 3.63) is 60.4 Å². The fourth-order valence-corrected chi connectivity index (χ4v) is 3.38. The van der Waals surface area contributed by atoms with Crippen LogP contribution in [0.15, 0.2) is 54.9 Å². The van der Waals surface area contributed by atoms with E-state index in [1.807, 2.05) is 42.5 Å². The molecule has 0 bridgehead atoms. The highest BCUT2D eigenvalue weighted by Gasteiger charge is 2.27. The predicted octanol–water partition coefficient (Wildman–Crippen LogP) is 1.52. The highest BCUT2D eigenvalue weighted by molar-refractivity contribution is 5.81. The number of benzene rings is 1. The van der Waals surface area contributed by atoms with E-state index in [9.17, 15) is 14.4 Å². The zero-order valence-corrected chi connectivity index (χ0v) is 17.5. The molecule has 0 aliphatic carbocycles. The average Bonchev–Trinajstić information content (AvgIpc) is 2.82. The van der Waals surface area contributed by atoms with Crippen LogP contribution in [-0.2, 0) is 20.9 Å². The van der Waals surface area contributed by atoms with E-state index >= 15 is 0 Å². The van der Waals surface area contributed by atoms with Gasteiger partial charge in [0.2, 0.25) is 11.8 Å². The van der Waals surface area contributed by atoms with Crippen molar-refractivity contribution in [2.45, 2.75) is 25.8 Å². The quantitative estimate of drug-likeness (QED) is 0.636. The molecule has 0 atom stereocenters. The molecule has 1 aromatic carbocycles. The van der Waals surface area contributed by atoms with Gasteiger partial charge in [0.15, 0.2) is 6.61 Å². The zero-order chi connectivity index (χ0) is 21.9. The van der Waals surface area contributed by atoms with Crippen LogP contribution in [0.25, 0.3) is 0 Å². The molecule has 8 nitrogen and oxygen atoms in total. The summed E-state index contributed by atoms with van der Waals surface area (Å²) in [6.07, 6.45) is 4.80. The molecule has 0 saturated carbocycles. The topological polar surface area (TPSA) is 101 Å². The largest absolute Gasteiger partial charge is 0.484 e. The maximum absolute atomic E-state index is 12.4. The molecule has 1 aliphatic heterocycles. The summed E-state index contributed by atoms with van der Waals surface area (Å²) < 4.78 is 5.51. The summed E-state index contributed by atoms with van der Waals surface area (Å²) in [6.45, 7) is 1.79. The number of hydrogen-bond acceptors (Lipinski definition) is 5. The summed E-state index contributed by atoms with van der Waals surface area (Å²) in [5, 5.41) is 5.65. The lowest BCUT2D eigenvalue weighted by Crippen LogP contribution is -2.44. The Labute approximate surface area is 182 Å². The fourth-order valence-electron chi connectivity index (χ4n) is 3.38. The smallest absolute Gasteiger partial charge is 0.260 e. The Hall–Kier alpha value is -3.42. The van der Waals surface area contributed by atoms with E-state index in [0.717, 1.165) is 5.56 Å². The summed E-state index contributed by atoms with van der Waals surface area (Å²) in [6, 6.07) is 12.9. The Bertz CT molecular complexity index is 852. The van der Waals surface area contributed by atoms with E-state index in [1.165, 1.54) is 0 Å². The van der Waals surface area contributed by atoms with Gasteiger partial charge in [-0.05, 0) is 42.7 Å². The minimum Gasteiger partial charge on any atom is -0.484 e. The van der Waals surface area contributed by atoms with E-state index < -0.39 is 0 Å². The number of amides is 3. The van der Waals surface area contributed by atoms with Gasteiger partial charge in [0, 0.05) is 50.9 Å². The Morgan fingerprint density at radius 1 is 1.00 bits per heavy atom. The van der Waals surface area contributed by atoms with Crippen molar-refractivity contribution in [3.63, 3.8) is 0 Å². The molecule has 3 rings (SSSR count). The average molecular weight is 425 g/mol. The molecular weight excluding hydrogens is 396 g/mol. The van der Waals surface area contributed by atoms with Crippen LogP contribution in [0.4, 0.5) is 0 Å². The third-order valence-corrected chi connectivity index (χ3v) is 5.21. The lowest BCUT2D eigenvalue weighted by molar-refractivity contribution is -0.137. The van der Waals surface area contributed by atoms with Crippen LogP contribution >= 0.6 is 0 Å². The van der Waals surface area contributed by atoms with Crippen molar-refractivity contribution in [3.8, 4) is 5.75 Å². The number of hydrogen-bond donors (Lipinski definition) is 2. The number of rotatable bonds is 9. The van der Waals surface area contributed by atoms with Gasteiger partial charge in [-0.3, -0.25) is 19.4 Å². The Morgan fingerprint density at radius 2 is 1.71 bits per heavy atom. The van der Waals surface area contributed by atoms with Crippen LogP contribution in [0, 0.1) is 5.92 Å². The van der Waals surface area contributed by atoms with E-state index in [4.69, 9.17) is 4.74 Å². The van der Waals surface area contributed by atoms with Crippen molar-refractivity contribution in [1.82, 2.24) is 20.5 Å². The lowest BCUT2D eigenvalue weighted by Gasteiger charge is -2.31. The number of piperidine rings is 1. The summed E-state index contributed by atoms with van der Waals surface area (Å²) in [5.74, 6) is 0.271. The number of pyridine rings is 1. The van der Waals surface area contributed by atoms with Gasteiger partial charge in [0.25, 0.3) is 5.91 Å². The highest BCUT2D eigenvalue weighted by Crippen LogP contribution is 2.18.